The van der Waals surface area contributed by atoms with Crippen LogP contribution in [0.25, 0.3) is 10.2 Å². The maximum atomic E-state index is 12.4. The van der Waals surface area contributed by atoms with Crippen molar-refractivity contribution in [1.82, 2.24) is 10.3 Å². The number of nitrogens with zero attached hydrogens (tertiary/aromatic N) is 1. The summed E-state index contributed by atoms with van der Waals surface area (Å²) in [6.07, 6.45) is 0.912. The van der Waals surface area contributed by atoms with Gasteiger partial charge in [-0.05, 0) is 30.5 Å². The van der Waals surface area contributed by atoms with Crippen LogP contribution in [-0.4, -0.2) is 30.6 Å². The van der Waals surface area contributed by atoms with E-state index in [1.807, 2.05) is 12.1 Å². The molecule has 0 aliphatic heterocycles. The van der Waals surface area contributed by atoms with Crippen LogP contribution in [0.4, 0.5) is 15.6 Å². The largest absolute Gasteiger partial charge is 0.494 e. The second-order valence-corrected chi connectivity index (χ2v) is 7.96. The number of benzene rings is 2. The molecule has 0 saturated heterocycles. The van der Waals surface area contributed by atoms with E-state index in [2.05, 4.69) is 34.8 Å². The zero-order valence-corrected chi connectivity index (χ0v) is 17.4. The number of carbonyl (C=O) groups excluding carboxylic acids is 2. The van der Waals surface area contributed by atoms with Gasteiger partial charge in [0, 0.05) is 23.9 Å². The number of hydrogen-bond acceptors (Lipinski definition) is 5. The van der Waals surface area contributed by atoms with Crippen LogP contribution in [-0.2, 0) is 0 Å². The molecule has 0 unspecified atom stereocenters. The van der Waals surface area contributed by atoms with E-state index in [4.69, 9.17) is 4.74 Å². The summed E-state index contributed by atoms with van der Waals surface area (Å²) < 4.78 is 6.22. The molecule has 0 radical (unpaired) electrons. The first-order valence-electron chi connectivity index (χ1n) is 9.36. The molecule has 1 aromatic heterocycles. The third kappa shape index (κ3) is 5.45. The molecule has 0 saturated carbocycles. The van der Waals surface area contributed by atoms with Crippen LogP contribution in [0.1, 0.15) is 30.6 Å². The Morgan fingerprint density at radius 1 is 1.14 bits per heavy atom. The first kappa shape index (κ1) is 20.6. The van der Waals surface area contributed by atoms with Gasteiger partial charge in [-0.1, -0.05) is 43.4 Å². The monoisotopic (exact) mass is 412 g/mol. The second-order valence-electron chi connectivity index (χ2n) is 6.93. The van der Waals surface area contributed by atoms with Gasteiger partial charge in [-0.25, -0.2) is 9.78 Å². The number of aromatic nitrogens is 1. The summed E-state index contributed by atoms with van der Waals surface area (Å²) in [6, 6.07) is 12.2. The molecule has 1 heterocycles. The zero-order valence-electron chi connectivity index (χ0n) is 16.6. The van der Waals surface area contributed by atoms with Gasteiger partial charge in [0.1, 0.15) is 11.3 Å². The Morgan fingerprint density at radius 3 is 2.59 bits per heavy atom. The Kier molecular flexibility index (Phi) is 6.66. The zero-order chi connectivity index (χ0) is 20.8. The lowest BCUT2D eigenvalue weighted by atomic mass is 10.1. The molecule has 3 N–H and O–H groups in total. The van der Waals surface area contributed by atoms with E-state index < -0.39 is 0 Å². The molecule has 0 spiro atoms. The molecule has 0 fully saturated rings. The number of amides is 3. The summed E-state index contributed by atoms with van der Waals surface area (Å²) in [7, 11) is 1.54. The first-order valence-corrected chi connectivity index (χ1v) is 10.2. The predicted octanol–water partition coefficient (Wildman–Crippen LogP) is 4.72. The molecular weight excluding hydrogens is 388 g/mol. The van der Waals surface area contributed by atoms with E-state index in [-0.39, 0.29) is 11.9 Å². The summed E-state index contributed by atoms with van der Waals surface area (Å²) >= 11 is 1.32. The topological polar surface area (TPSA) is 92.4 Å². The van der Waals surface area contributed by atoms with Crippen LogP contribution < -0.4 is 20.7 Å². The molecule has 0 bridgehead atoms. The quantitative estimate of drug-likeness (QED) is 0.523. The van der Waals surface area contributed by atoms with Crippen LogP contribution in [0.5, 0.6) is 5.75 Å². The summed E-state index contributed by atoms with van der Waals surface area (Å²) in [4.78, 5) is 28.9. The van der Waals surface area contributed by atoms with Crippen molar-refractivity contribution in [3.05, 3.63) is 48.0 Å². The summed E-state index contributed by atoms with van der Waals surface area (Å²) in [5.41, 5.74) is 1.78. The molecule has 29 heavy (non-hydrogen) atoms. The van der Waals surface area contributed by atoms with Crippen LogP contribution >= 0.6 is 11.3 Å². The van der Waals surface area contributed by atoms with Crippen molar-refractivity contribution in [1.29, 1.82) is 0 Å². The lowest BCUT2D eigenvalue weighted by molar-refractivity contribution is 0.102. The van der Waals surface area contributed by atoms with E-state index in [9.17, 15) is 9.59 Å². The Morgan fingerprint density at radius 2 is 1.90 bits per heavy atom. The fourth-order valence-electron chi connectivity index (χ4n) is 2.69. The van der Waals surface area contributed by atoms with Gasteiger partial charge in [-0.3, -0.25) is 10.1 Å². The average Bonchev–Trinajstić information content (AvgIpc) is 3.09. The third-order valence-electron chi connectivity index (χ3n) is 4.20. The van der Waals surface area contributed by atoms with Gasteiger partial charge in [0.25, 0.3) is 5.91 Å². The van der Waals surface area contributed by atoms with Crippen LogP contribution in [0.15, 0.2) is 42.5 Å². The number of nitrogens with one attached hydrogen (secondary N) is 3. The molecule has 3 amide bonds. The van der Waals surface area contributed by atoms with E-state index in [1.165, 1.54) is 11.3 Å². The molecule has 152 valence electrons. The van der Waals surface area contributed by atoms with Crippen molar-refractivity contribution in [2.45, 2.75) is 20.3 Å². The van der Waals surface area contributed by atoms with Gasteiger partial charge < -0.3 is 15.4 Å². The SMILES string of the molecule is COc1cc(NC(=O)NCCC(C)C)cc2sc(NC(=O)c3ccccc3)nc12. The summed E-state index contributed by atoms with van der Waals surface area (Å²) in [5.74, 6) is 0.816. The van der Waals surface area contributed by atoms with Gasteiger partial charge in [-0.2, -0.15) is 0 Å². The molecule has 3 rings (SSSR count). The normalized spacial score (nSPS) is 10.8. The smallest absolute Gasteiger partial charge is 0.319 e. The Balaban J connectivity index is 1.75. The maximum Gasteiger partial charge on any atom is 0.319 e. The summed E-state index contributed by atoms with van der Waals surface area (Å²) in [6.45, 7) is 4.83. The van der Waals surface area contributed by atoms with Gasteiger partial charge in [0.15, 0.2) is 5.13 Å². The molecule has 0 atom stereocenters. The Labute approximate surface area is 173 Å². The number of carbonyl (C=O) groups is 2. The molecule has 0 aliphatic carbocycles. The van der Waals surface area contributed by atoms with Gasteiger partial charge >= 0.3 is 6.03 Å². The van der Waals surface area contributed by atoms with E-state index in [1.54, 1.807) is 37.4 Å². The highest BCUT2D eigenvalue weighted by atomic mass is 32.1. The van der Waals surface area contributed by atoms with E-state index in [0.29, 0.717) is 40.1 Å². The van der Waals surface area contributed by atoms with Crippen LogP contribution in [0.2, 0.25) is 0 Å². The summed E-state index contributed by atoms with van der Waals surface area (Å²) in [5, 5.41) is 8.93. The van der Waals surface area contributed by atoms with Gasteiger partial charge in [0.05, 0.1) is 11.8 Å². The van der Waals surface area contributed by atoms with Crippen molar-refractivity contribution in [2.24, 2.45) is 5.92 Å². The fraction of sp³-hybridized carbons (Fsp3) is 0.286. The van der Waals surface area contributed by atoms with Crippen molar-refractivity contribution in [3.63, 3.8) is 0 Å². The Bertz CT molecular complexity index is 1000. The minimum atomic E-state index is -0.269. The van der Waals surface area contributed by atoms with Crippen molar-refractivity contribution in [3.8, 4) is 5.75 Å². The molecular formula is C21H24N4O3S. The van der Waals surface area contributed by atoms with Gasteiger partial charge in [-0.15, -0.1) is 0 Å². The molecule has 7 nitrogen and oxygen atoms in total. The van der Waals surface area contributed by atoms with Gasteiger partial charge in [0.2, 0.25) is 0 Å². The molecule has 2 aromatic carbocycles. The van der Waals surface area contributed by atoms with Crippen molar-refractivity contribution < 1.29 is 14.3 Å². The number of rotatable bonds is 7. The lowest BCUT2D eigenvalue weighted by Gasteiger charge is -2.10. The number of urea groups is 1. The van der Waals surface area contributed by atoms with E-state index in [0.717, 1.165) is 11.1 Å². The minimum Gasteiger partial charge on any atom is -0.494 e. The van der Waals surface area contributed by atoms with Crippen LogP contribution in [0, 0.1) is 5.92 Å². The van der Waals surface area contributed by atoms with Crippen LogP contribution in [0.3, 0.4) is 0 Å². The minimum absolute atomic E-state index is 0.230. The number of hydrogen-bond donors (Lipinski definition) is 3. The number of ether oxygens (including phenoxy) is 1. The van der Waals surface area contributed by atoms with Crippen molar-refractivity contribution in [2.75, 3.05) is 24.3 Å². The highest BCUT2D eigenvalue weighted by Crippen LogP contribution is 2.35. The fourth-order valence-corrected chi connectivity index (χ4v) is 3.61. The third-order valence-corrected chi connectivity index (χ3v) is 5.12. The highest BCUT2D eigenvalue weighted by Gasteiger charge is 2.14. The second kappa shape index (κ2) is 9.38. The number of fused-ring (bicyclic) bond motifs is 1. The number of thiazole rings is 1. The molecule has 3 aromatic rings. The first-order chi connectivity index (χ1) is 14.0. The number of methoxy groups -OCH3 is 1. The molecule has 0 aliphatic rings. The predicted molar refractivity (Wildman–Crippen MR) is 117 cm³/mol. The lowest BCUT2D eigenvalue weighted by Crippen LogP contribution is -2.30. The maximum absolute atomic E-state index is 12.4. The van der Waals surface area contributed by atoms with E-state index >= 15 is 0 Å². The molecule has 8 heteroatoms. The standard InChI is InChI=1S/C21H24N4O3S/c1-13(2)9-10-22-20(27)23-15-11-16(28-3)18-17(12-15)29-21(24-18)25-19(26)14-7-5-4-6-8-14/h4-8,11-13H,9-10H2,1-3H3,(H2,22,23,27)(H,24,25,26). The number of anilines is 2. The Hall–Kier alpha value is -3.13. The average molecular weight is 413 g/mol. The van der Waals surface area contributed by atoms with Crippen molar-refractivity contribution >= 4 is 44.3 Å². The highest BCUT2D eigenvalue weighted by molar-refractivity contribution is 7.22.